The number of benzene rings is 1. The van der Waals surface area contributed by atoms with Crippen molar-refractivity contribution in [1.82, 2.24) is 0 Å². The third kappa shape index (κ3) is 1.95. The summed E-state index contributed by atoms with van der Waals surface area (Å²) in [5, 5.41) is 0. The summed E-state index contributed by atoms with van der Waals surface area (Å²) in [5.41, 5.74) is 0. The Balaban J connectivity index is 3.03. The molecule has 1 aromatic rings. The summed E-state index contributed by atoms with van der Waals surface area (Å²) < 4.78 is 13.4. The van der Waals surface area contributed by atoms with Crippen molar-refractivity contribution in [3.8, 4) is 0 Å². The Morgan fingerprint density at radius 1 is 1.12 bits per heavy atom. The van der Waals surface area contributed by atoms with Crippen LogP contribution in [0.4, 0.5) is 4.39 Å². The van der Waals surface area contributed by atoms with Crippen molar-refractivity contribution in [3.63, 3.8) is 0 Å². The van der Waals surface area contributed by atoms with Crippen molar-refractivity contribution in [2.75, 3.05) is 0 Å². The molecule has 1 rings (SSSR count). The number of hydrogen-bond acceptors (Lipinski definition) is 0. The molecule has 0 nitrogen and oxygen atoms in total. The average Bonchev–Trinajstić information content (AvgIpc) is 1.77. The molecule has 0 amide bonds. The predicted molar refractivity (Wildman–Crippen MR) is 31.8 cm³/mol. The van der Waals surface area contributed by atoms with Gasteiger partial charge in [-0.2, -0.15) is 0 Å². The van der Waals surface area contributed by atoms with Crippen LogP contribution in [-0.2, 0) is 0 Å². The van der Waals surface area contributed by atoms with Gasteiger partial charge in [-0.05, 0) is 0 Å². The second-order valence-corrected chi connectivity index (χ2v) is 3.60. The van der Waals surface area contributed by atoms with Crippen molar-refractivity contribution < 1.29 is 4.39 Å². The standard InChI is InChI=1S/C6H4F.K/c7-6-4-2-1-3-5-6;/h2-5H;. The van der Waals surface area contributed by atoms with E-state index in [1.807, 2.05) is 12.1 Å². The predicted octanol–water partition coefficient (Wildman–Crippen LogP) is 0.619. The molecule has 36 valence electrons. The maximum absolute atomic E-state index is 12.1. The molecule has 0 aliphatic heterocycles. The van der Waals surface area contributed by atoms with E-state index in [1.165, 1.54) is 11.8 Å². The van der Waals surface area contributed by atoms with Gasteiger partial charge in [-0.25, -0.2) is 0 Å². The van der Waals surface area contributed by atoms with Gasteiger partial charge < -0.3 is 0 Å². The van der Waals surface area contributed by atoms with E-state index in [9.17, 15) is 4.39 Å². The summed E-state index contributed by atoms with van der Waals surface area (Å²) >= 11 is 0.681. The van der Waals surface area contributed by atoms with Crippen molar-refractivity contribution in [3.05, 3.63) is 30.1 Å². The third-order valence-electron chi connectivity index (χ3n) is 1.01. The van der Waals surface area contributed by atoms with Gasteiger partial charge in [0.2, 0.25) is 0 Å². The van der Waals surface area contributed by atoms with E-state index in [0.717, 1.165) is 0 Å². The normalized spacial score (nSPS) is 9.38. The number of hydrogen-bond donors (Lipinski definition) is 0. The quantitative estimate of drug-likeness (QED) is 0.456. The van der Waals surface area contributed by atoms with Crippen LogP contribution in [-0.4, -0.2) is 49.0 Å². The number of rotatable bonds is 0. The Hall–Kier alpha value is 0.786. The molecule has 0 N–H and O–H groups in total. The topological polar surface area (TPSA) is 0 Å². The second-order valence-electron chi connectivity index (χ2n) is 1.80. The molecule has 0 aromatic heterocycles. The van der Waals surface area contributed by atoms with Gasteiger partial charge in [0.1, 0.15) is 0 Å². The van der Waals surface area contributed by atoms with Crippen molar-refractivity contribution in [1.29, 1.82) is 0 Å². The molecule has 0 aliphatic carbocycles. The van der Waals surface area contributed by atoms with Crippen LogP contribution in [0.1, 0.15) is 0 Å². The fourth-order valence-corrected chi connectivity index (χ4v) is 1.05. The monoisotopic (exact) mass is 134 g/mol. The zero-order valence-corrected chi connectivity index (χ0v) is 7.81. The molecule has 2 heteroatoms. The molecule has 0 heterocycles. The first-order valence-corrected chi connectivity index (χ1v) is 4.07. The minimum atomic E-state index is -0.141. The van der Waals surface area contributed by atoms with Gasteiger partial charge in [0.25, 0.3) is 0 Å². The Bertz CT molecular complexity index is 147. The first-order chi connectivity index (χ1) is 3.79. The van der Waals surface area contributed by atoms with Crippen LogP contribution in [0.2, 0.25) is 0 Å². The van der Waals surface area contributed by atoms with Gasteiger partial charge in [0, 0.05) is 0 Å². The van der Waals surface area contributed by atoms with Gasteiger partial charge in [0.05, 0.1) is 0 Å². The summed E-state index contributed by atoms with van der Waals surface area (Å²) in [7, 11) is 0. The Labute approximate surface area is 81.7 Å². The van der Waals surface area contributed by atoms with Gasteiger partial charge in [0.15, 0.2) is 0 Å². The van der Waals surface area contributed by atoms with Crippen molar-refractivity contribution >= 4 is 48.6 Å². The molecular formula is C6H4FK. The number of halogens is 1. The molecule has 0 saturated heterocycles. The molecule has 0 fully saturated rings. The molecule has 0 unspecified atom stereocenters. The summed E-state index contributed by atoms with van der Waals surface area (Å²) in [4.78, 5) is 0. The zero-order valence-electron chi connectivity index (χ0n) is 4.69. The molecule has 8 heavy (non-hydrogen) atoms. The van der Waals surface area contributed by atoms with Crippen LogP contribution in [0.15, 0.2) is 24.3 Å². The van der Waals surface area contributed by atoms with Gasteiger partial charge in [-0.1, -0.05) is 0 Å². The molecule has 0 bridgehead atoms. The van der Waals surface area contributed by atoms with E-state index in [1.54, 1.807) is 0 Å². The molecule has 0 aliphatic rings. The summed E-state index contributed by atoms with van der Waals surface area (Å²) in [5.74, 6) is -0.141. The van der Waals surface area contributed by atoms with Gasteiger partial charge in [-0.15, -0.1) is 0 Å². The fraction of sp³-hybridized carbons (Fsp3) is 0. The summed E-state index contributed by atoms with van der Waals surface area (Å²) in [6.07, 6.45) is 0. The SMILES string of the molecule is Fc1cc[c]([K])cc1. The first kappa shape index (κ1) is 6.90. The Morgan fingerprint density at radius 2 is 1.62 bits per heavy atom. The molecule has 0 radical (unpaired) electrons. The zero-order chi connectivity index (χ0) is 5.98. The third-order valence-corrected chi connectivity index (χ3v) is 2.05. The van der Waals surface area contributed by atoms with E-state index >= 15 is 0 Å². The molecule has 0 saturated carbocycles. The van der Waals surface area contributed by atoms with E-state index in [-0.39, 0.29) is 5.82 Å². The van der Waals surface area contributed by atoms with Crippen LogP contribution in [0.3, 0.4) is 0 Å². The van der Waals surface area contributed by atoms with Crippen LogP contribution >= 0.6 is 0 Å². The summed E-state index contributed by atoms with van der Waals surface area (Å²) in [6, 6.07) is 6.66. The Morgan fingerprint density at radius 3 is 2.00 bits per heavy atom. The first-order valence-electron chi connectivity index (χ1n) is 2.51. The van der Waals surface area contributed by atoms with Gasteiger partial charge in [-0.3, -0.25) is 0 Å². The van der Waals surface area contributed by atoms with Gasteiger partial charge >= 0.3 is 83.1 Å². The molecule has 0 spiro atoms. The maximum atomic E-state index is 12.1. The molecule has 1 aromatic carbocycles. The summed E-state index contributed by atoms with van der Waals surface area (Å²) in [6.45, 7) is 0. The fourth-order valence-electron chi connectivity index (χ4n) is 0.533. The average molecular weight is 134 g/mol. The van der Waals surface area contributed by atoms with Crippen molar-refractivity contribution in [2.45, 2.75) is 0 Å². The minimum absolute atomic E-state index is 0.141. The molecular weight excluding hydrogens is 130 g/mol. The van der Waals surface area contributed by atoms with E-state index in [0.29, 0.717) is 49.0 Å². The van der Waals surface area contributed by atoms with Crippen molar-refractivity contribution in [2.24, 2.45) is 0 Å². The van der Waals surface area contributed by atoms with E-state index < -0.39 is 0 Å². The van der Waals surface area contributed by atoms with Crippen LogP contribution in [0.25, 0.3) is 0 Å². The van der Waals surface area contributed by atoms with E-state index in [4.69, 9.17) is 0 Å². The van der Waals surface area contributed by atoms with E-state index in [2.05, 4.69) is 0 Å². The Kier molecular flexibility index (Phi) is 2.66. The molecule has 0 atom stereocenters. The van der Waals surface area contributed by atoms with Crippen LogP contribution in [0.5, 0.6) is 0 Å². The second kappa shape index (κ2) is 3.08. The van der Waals surface area contributed by atoms with Crippen LogP contribution in [0, 0.1) is 5.82 Å². The van der Waals surface area contributed by atoms with Crippen LogP contribution < -0.4 is -0.342 Å².